The molecule has 0 radical (unpaired) electrons. The maximum absolute atomic E-state index is 12.6. The molecule has 1 aliphatic heterocycles. The average molecular weight is 288 g/mol. The molecule has 3 atom stereocenters. The van der Waals surface area contributed by atoms with Gasteiger partial charge in [-0.1, -0.05) is 37.5 Å². The predicted molar refractivity (Wildman–Crippen MR) is 82.0 cm³/mol. The van der Waals surface area contributed by atoms with Crippen LogP contribution in [0, 0.1) is 5.92 Å². The third-order valence-corrected chi connectivity index (χ3v) is 4.68. The number of ether oxygens (including phenoxy) is 1. The molecule has 2 aliphatic rings. The van der Waals surface area contributed by atoms with Crippen LogP contribution in [0.5, 0.6) is 5.75 Å². The van der Waals surface area contributed by atoms with Gasteiger partial charge in [0.25, 0.3) is 0 Å². The summed E-state index contributed by atoms with van der Waals surface area (Å²) < 4.78 is 5.65. The number of fused-ring (bicyclic) bond motifs is 1. The molecule has 3 rings (SSSR count). The lowest BCUT2D eigenvalue weighted by Gasteiger charge is -2.29. The van der Waals surface area contributed by atoms with Gasteiger partial charge in [-0.2, -0.15) is 0 Å². The van der Waals surface area contributed by atoms with Crippen LogP contribution < -0.4 is 15.8 Å². The van der Waals surface area contributed by atoms with Crippen LogP contribution in [0.25, 0.3) is 0 Å². The summed E-state index contributed by atoms with van der Waals surface area (Å²) in [6, 6.07) is 8.01. The van der Waals surface area contributed by atoms with Crippen molar-refractivity contribution in [1.82, 2.24) is 5.32 Å². The Hall–Kier alpha value is -1.55. The summed E-state index contributed by atoms with van der Waals surface area (Å²) in [6.45, 7) is 0.651. The van der Waals surface area contributed by atoms with E-state index in [1.165, 1.54) is 6.42 Å². The van der Waals surface area contributed by atoms with E-state index in [0.29, 0.717) is 6.61 Å². The molecule has 0 aromatic heterocycles. The van der Waals surface area contributed by atoms with Gasteiger partial charge in [0.1, 0.15) is 5.75 Å². The summed E-state index contributed by atoms with van der Waals surface area (Å²) in [4.78, 5) is 12.6. The number of nitrogens with two attached hydrogens (primary N) is 1. The van der Waals surface area contributed by atoms with Crippen LogP contribution >= 0.6 is 0 Å². The Balaban J connectivity index is 1.70. The Morgan fingerprint density at radius 2 is 1.95 bits per heavy atom. The van der Waals surface area contributed by atoms with Crippen molar-refractivity contribution < 1.29 is 9.53 Å². The number of benzene rings is 1. The van der Waals surface area contributed by atoms with Gasteiger partial charge in [0.2, 0.25) is 5.91 Å². The first kappa shape index (κ1) is 14.4. The van der Waals surface area contributed by atoms with E-state index in [1.54, 1.807) is 0 Å². The molecule has 21 heavy (non-hydrogen) atoms. The first-order valence-electron chi connectivity index (χ1n) is 8.03. The standard InChI is InChI=1S/C17H24N2O2/c18-14-8-3-1-2-6-12(14)17(20)19-15-10-11-21-16-9-5-4-7-13(15)16/h4-5,7,9,12,14-15H,1-3,6,8,10-11,18H2,(H,19,20). The minimum atomic E-state index is -0.0393. The monoisotopic (exact) mass is 288 g/mol. The average Bonchev–Trinajstić information content (AvgIpc) is 2.72. The minimum Gasteiger partial charge on any atom is -0.493 e. The Bertz CT molecular complexity index is 503. The highest BCUT2D eigenvalue weighted by molar-refractivity contribution is 5.80. The highest BCUT2D eigenvalue weighted by atomic mass is 16.5. The Morgan fingerprint density at radius 1 is 1.14 bits per heavy atom. The molecular formula is C17H24N2O2. The summed E-state index contributed by atoms with van der Waals surface area (Å²) in [7, 11) is 0. The third kappa shape index (κ3) is 3.21. The zero-order chi connectivity index (χ0) is 14.7. The number of nitrogens with one attached hydrogen (secondary N) is 1. The maximum Gasteiger partial charge on any atom is 0.225 e. The zero-order valence-electron chi connectivity index (χ0n) is 12.4. The van der Waals surface area contributed by atoms with Crippen molar-refractivity contribution in [3.8, 4) is 5.75 Å². The van der Waals surface area contributed by atoms with Crippen LogP contribution in [0.4, 0.5) is 0 Å². The SMILES string of the molecule is NC1CCCCCC1C(=O)NC1CCOc2ccccc21. The van der Waals surface area contributed by atoms with Gasteiger partial charge in [0.15, 0.2) is 0 Å². The van der Waals surface area contributed by atoms with Crippen molar-refractivity contribution in [2.75, 3.05) is 6.61 Å². The highest BCUT2D eigenvalue weighted by Crippen LogP contribution is 2.32. The van der Waals surface area contributed by atoms with Crippen molar-refractivity contribution in [3.63, 3.8) is 0 Å². The zero-order valence-corrected chi connectivity index (χ0v) is 12.4. The molecule has 4 nitrogen and oxygen atoms in total. The number of amides is 1. The predicted octanol–water partition coefficient (Wildman–Crippen LogP) is 2.53. The van der Waals surface area contributed by atoms with E-state index >= 15 is 0 Å². The summed E-state index contributed by atoms with van der Waals surface area (Å²) in [6.07, 6.45) is 6.14. The smallest absolute Gasteiger partial charge is 0.225 e. The van der Waals surface area contributed by atoms with E-state index in [4.69, 9.17) is 10.5 Å². The molecule has 114 valence electrons. The van der Waals surface area contributed by atoms with Gasteiger partial charge in [-0.3, -0.25) is 4.79 Å². The second kappa shape index (κ2) is 6.48. The second-order valence-corrected chi connectivity index (χ2v) is 6.14. The van der Waals surface area contributed by atoms with Gasteiger partial charge < -0.3 is 15.8 Å². The van der Waals surface area contributed by atoms with Gasteiger partial charge in [0.05, 0.1) is 18.6 Å². The van der Waals surface area contributed by atoms with Crippen LogP contribution in [-0.4, -0.2) is 18.6 Å². The third-order valence-electron chi connectivity index (χ3n) is 4.68. The van der Waals surface area contributed by atoms with Gasteiger partial charge in [0, 0.05) is 18.0 Å². The number of hydrogen-bond acceptors (Lipinski definition) is 3. The van der Waals surface area contributed by atoms with Gasteiger partial charge in [-0.15, -0.1) is 0 Å². The molecule has 1 amide bonds. The molecule has 0 spiro atoms. The van der Waals surface area contributed by atoms with Crippen molar-refractivity contribution >= 4 is 5.91 Å². The first-order valence-corrected chi connectivity index (χ1v) is 8.03. The Morgan fingerprint density at radius 3 is 2.86 bits per heavy atom. The van der Waals surface area contributed by atoms with Crippen molar-refractivity contribution in [2.45, 2.75) is 50.6 Å². The van der Waals surface area contributed by atoms with Crippen LogP contribution in [0.3, 0.4) is 0 Å². The summed E-state index contributed by atoms with van der Waals surface area (Å²) >= 11 is 0. The summed E-state index contributed by atoms with van der Waals surface area (Å²) in [5, 5.41) is 3.20. The van der Waals surface area contributed by atoms with E-state index in [-0.39, 0.29) is 23.9 Å². The lowest BCUT2D eigenvalue weighted by molar-refractivity contribution is -0.126. The molecule has 1 heterocycles. The van der Waals surface area contributed by atoms with E-state index in [9.17, 15) is 4.79 Å². The van der Waals surface area contributed by atoms with E-state index in [1.807, 2.05) is 24.3 Å². The van der Waals surface area contributed by atoms with Gasteiger partial charge in [-0.25, -0.2) is 0 Å². The first-order chi connectivity index (χ1) is 10.3. The molecule has 4 heteroatoms. The Labute approximate surface area is 126 Å². The highest BCUT2D eigenvalue weighted by Gasteiger charge is 2.30. The summed E-state index contributed by atoms with van der Waals surface area (Å²) in [5.74, 6) is 0.966. The molecule has 0 bridgehead atoms. The molecule has 1 saturated carbocycles. The van der Waals surface area contributed by atoms with E-state index in [2.05, 4.69) is 5.32 Å². The molecule has 3 N–H and O–H groups in total. The van der Waals surface area contributed by atoms with E-state index < -0.39 is 0 Å². The molecular weight excluding hydrogens is 264 g/mol. The summed E-state index contributed by atoms with van der Waals surface area (Å²) in [5.41, 5.74) is 7.28. The fourth-order valence-corrected chi connectivity index (χ4v) is 3.43. The number of rotatable bonds is 2. The Kier molecular flexibility index (Phi) is 4.44. The van der Waals surface area contributed by atoms with Gasteiger partial charge in [-0.05, 0) is 18.9 Å². The van der Waals surface area contributed by atoms with Crippen LogP contribution in [0.2, 0.25) is 0 Å². The van der Waals surface area contributed by atoms with Gasteiger partial charge >= 0.3 is 0 Å². The number of hydrogen-bond donors (Lipinski definition) is 2. The fourth-order valence-electron chi connectivity index (χ4n) is 3.43. The minimum absolute atomic E-state index is 0.00239. The largest absolute Gasteiger partial charge is 0.493 e. The lowest BCUT2D eigenvalue weighted by atomic mass is 9.93. The van der Waals surface area contributed by atoms with Crippen LogP contribution in [-0.2, 0) is 4.79 Å². The topological polar surface area (TPSA) is 64.4 Å². The van der Waals surface area contributed by atoms with Crippen molar-refractivity contribution in [3.05, 3.63) is 29.8 Å². The molecule has 1 aromatic carbocycles. The molecule has 1 aromatic rings. The number of carbonyl (C=O) groups excluding carboxylic acids is 1. The molecule has 3 unspecified atom stereocenters. The fraction of sp³-hybridized carbons (Fsp3) is 0.588. The number of para-hydroxylation sites is 1. The van der Waals surface area contributed by atoms with E-state index in [0.717, 1.165) is 43.4 Å². The molecule has 1 aliphatic carbocycles. The maximum atomic E-state index is 12.6. The lowest BCUT2D eigenvalue weighted by Crippen LogP contribution is -2.43. The quantitative estimate of drug-likeness (QED) is 0.822. The second-order valence-electron chi connectivity index (χ2n) is 6.14. The van der Waals surface area contributed by atoms with Crippen molar-refractivity contribution in [2.24, 2.45) is 11.7 Å². The number of carbonyl (C=O) groups is 1. The molecule has 0 saturated heterocycles. The van der Waals surface area contributed by atoms with Crippen LogP contribution in [0.15, 0.2) is 24.3 Å². The molecule has 1 fully saturated rings. The normalized spacial score (nSPS) is 28.9. The van der Waals surface area contributed by atoms with Crippen LogP contribution in [0.1, 0.15) is 50.1 Å². The van der Waals surface area contributed by atoms with Crippen molar-refractivity contribution in [1.29, 1.82) is 0 Å².